The normalized spacial score (nSPS) is 24.9. The predicted molar refractivity (Wildman–Crippen MR) is 103 cm³/mol. The molecule has 142 valence electrons. The van der Waals surface area contributed by atoms with Crippen molar-refractivity contribution in [2.45, 2.75) is 18.9 Å². The molecule has 0 saturated carbocycles. The van der Waals surface area contributed by atoms with Crippen LogP contribution in [0.1, 0.15) is 24.4 Å². The molecular formula is C17H18N4O4S2. The number of hydrogen-bond donors (Lipinski definition) is 0. The largest absolute Gasteiger partial charge is 0.420 e. The van der Waals surface area contributed by atoms with Crippen molar-refractivity contribution in [3.05, 3.63) is 16.5 Å². The fourth-order valence-electron chi connectivity index (χ4n) is 3.21. The van der Waals surface area contributed by atoms with Crippen LogP contribution in [0.2, 0.25) is 0 Å². The summed E-state index contributed by atoms with van der Waals surface area (Å²) in [5.41, 5.74) is 0.206. The fourth-order valence-corrected chi connectivity index (χ4v) is 4.44. The second kappa shape index (κ2) is 7.98. The number of amides is 1. The Morgan fingerprint density at radius 3 is 2.89 bits per heavy atom. The summed E-state index contributed by atoms with van der Waals surface area (Å²) in [5.74, 6) is 0.470. The number of rotatable bonds is 4. The third kappa shape index (κ3) is 3.87. The Bertz CT molecular complexity index is 819. The lowest BCUT2D eigenvalue weighted by atomic mass is 10.2. The fraction of sp³-hybridized carbons (Fsp3) is 0.529. The van der Waals surface area contributed by atoms with E-state index in [4.69, 9.17) is 26.1 Å². The Labute approximate surface area is 166 Å². The van der Waals surface area contributed by atoms with Gasteiger partial charge in [0.1, 0.15) is 10.4 Å². The molecule has 0 unspecified atom stereocenters. The molecule has 3 saturated heterocycles. The van der Waals surface area contributed by atoms with Gasteiger partial charge in [0.25, 0.3) is 5.91 Å². The summed E-state index contributed by atoms with van der Waals surface area (Å²) in [6.45, 7) is 3.61. The molecule has 3 aliphatic heterocycles. The summed E-state index contributed by atoms with van der Waals surface area (Å²) in [6.07, 6.45) is 3.53. The van der Waals surface area contributed by atoms with Crippen molar-refractivity contribution in [2.75, 3.05) is 44.4 Å². The van der Waals surface area contributed by atoms with Crippen molar-refractivity contribution in [2.24, 2.45) is 0 Å². The molecule has 0 spiro atoms. The number of carbonyl (C=O) groups is 1. The van der Waals surface area contributed by atoms with Crippen LogP contribution in [0.25, 0.3) is 6.08 Å². The molecular weight excluding hydrogens is 388 g/mol. The van der Waals surface area contributed by atoms with Gasteiger partial charge in [0.15, 0.2) is 0 Å². The van der Waals surface area contributed by atoms with E-state index in [1.165, 1.54) is 11.8 Å². The smallest absolute Gasteiger partial charge is 0.266 e. The summed E-state index contributed by atoms with van der Waals surface area (Å²) in [4.78, 5) is 20.9. The third-order valence-corrected chi connectivity index (χ3v) is 5.95. The van der Waals surface area contributed by atoms with Gasteiger partial charge in [-0.3, -0.25) is 9.69 Å². The van der Waals surface area contributed by atoms with Crippen LogP contribution in [-0.2, 0) is 14.3 Å². The Morgan fingerprint density at radius 1 is 1.37 bits per heavy atom. The highest BCUT2D eigenvalue weighted by Gasteiger charge is 2.35. The van der Waals surface area contributed by atoms with Crippen molar-refractivity contribution in [1.82, 2.24) is 9.88 Å². The molecule has 0 N–H and O–H groups in total. The number of oxazole rings is 1. The number of nitrogens with zero attached hydrogens (tertiary/aromatic N) is 4. The maximum Gasteiger partial charge on any atom is 0.266 e. The zero-order valence-corrected chi connectivity index (χ0v) is 16.2. The Balaban J connectivity index is 1.53. The van der Waals surface area contributed by atoms with E-state index in [1.807, 2.05) is 4.90 Å². The Hall–Kier alpha value is -1.93. The minimum atomic E-state index is -0.176. The van der Waals surface area contributed by atoms with Crippen LogP contribution in [-0.4, -0.2) is 65.7 Å². The summed E-state index contributed by atoms with van der Waals surface area (Å²) in [6, 6.07) is 2.05. The van der Waals surface area contributed by atoms with Gasteiger partial charge in [-0.05, 0) is 12.8 Å². The zero-order chi connectivity index (χ0) is 18.8. The van der Waals surface area contributed by atoms with Crippen molar-refractivity contribution in [3.8, 4) is 6.07 Å². The van der Waals surface area contributed by atoms with Crippen LogP contribution in [0.15, 0.2) is 9.32 Å². The van der Waals surface area contributed by atoms with Gasteiger partial charge in [0.05, 0.1) is 30.8 Å². The number of hydrogen-bond acceptors (Lipinski definition) is 9. The van der Waals surface area contributed by atoms with E-state index < -0.39 is 0 Å². The molecule has 4 rings (SSSR count). The minimum Gasteiger partial charge on any atom is -0.420 e. The van der Waals surface area contributed by atoms with E-state index in [0.29, 0.717) is 48.0 Å². The molecule has 0 radical (unpaired) electrons. The summed E-state index contributed by atoms with van der Waals surface area (Å²) in [7, 11) is 0. The maximum absolute atomic E-state index is 12.7. The molecule has 1 atom stereocenters. The van der Waals surface area contributed by atoms with Gasteiger partial charge in [0, 0.05) is 25.8 Å². The highest BCUT2D eigenvalue weighted by Crippen LogP contribution is 2.34. The molecule has 27 heavy (non-hydrogen) atoms. The summed E-state index contributed by atoms with van der Waals surface area (Å²) in [5, 5.41) is 9.35. The van der Waals surface area contributed by atoms with Gasteiger partial charge in [-0.25, -0.2) is 0 Å². The molecule has 1 aromatic rings. The average molecular weight is 406 g/mol. The van der Waals surface area contributed by atoms with Crippen LogP contribution in [0.4, 0.5) is 5.88 Å². The molecule has 0 bridgehead atoms. The molecule has 0 aromatic carbocycles. The van der Waals surface area contributed by atoms with Crippen molar-refractivity contribution in [1.29, 1.82) is 5.26 Å². The molecule has 3 fully saturated rings. The first-order valence-corrected chi connectivity index (χ1v) is 9.99. The second-order valence-corrected chi connectivity index (χ2v) is 8.02. The molecule has 0 aliphatic carbocycles. The van der Waals surface area contributed by atoms with E-state index >= 15 is 0 Å². The number of morpholine rings is 1. The van der Waals surface area contributed by atoms with Gasteiger partial charge >= 0.3 is 0 Å². The van der Waals surface area contributed by atoms with E-state index in [1.54, 1.807) is 11.0 Å². The number of anilines is 1. The maximum atomic E-state index is 12.7. The van der Waals surface area contributed by atoms with E-state index in [9.17, 15) is 10.1 Å². The van der Waals surface area contributed by atoms with Crippen LogP contribution >= 0.6 is 24.0 Å². The van der Waals surface area contributed by atoms with Gasteiger partial charge < -0.3 is 18.8 Å². The first-order valence-electron chi connectivity index (χ1n) is 8.76. The van der Waals surface area contributed by atoms with Crippen LogP contribution in [0.5, 0.6) is 0 Å². The Kier molecular flexibility index (Phi) is 5.45. The van der Waals surface area contributed by atoms with Gasteiger partial charge in [0.2, 0.25) is 17.5 Å². The molecule has 1 amide bonds. The number of aromatic nitrogens is 1. The standard InChI is InChI=1S/C17H18N4O4S2/c18-9-12-16(20-3-6-23-7-4-20)25-14(19-12)8-13-15(22)21(17(26)27-13)10-11-2-1-5-24-11/h8,11H,1-7,10H2/b13-8+/t11-/m0/s1. The molecule has 1 aromatic heterocycles. The number of nitriles is 1. The lowest BCUT2D eigenvalue weighted by Crippen LogP contribution is -2.36. The van der Waals surface area contributed by atoms with Crippen LogP contribution < -0.4 is 4.90 Å². The van der Waals surface area contributed by atoms with E-state index in [0.717, 1.165) is 19.4 Å². The van der Waals surface area contributed by atoms with Crippen molar-refractivity contribution < 1.29 is 18.7 Å². The molecule has 8 nitrogen and oxygen atoms in total. The highest BCUT2D eigenvalue weighted by atomic mass is 32.2. The monoisotopic (exact) mass is 406 g/mol. The minimum absolute atomic E-state index is 0.0340. The Morgan fingerprint density at radius 2 is 2.19 bits per heavy atom. The molecule has 3 aliphatic rings. The summed E-state index contributed by atoms with van der Waals surface area (Å²) < 4.78 is 17.2. The third-order valence-electron chi connectivity index (χ3n) is 4.57. The lowest BCUT2D eigenvalue weighted by Gasteiger charge is -2.25. The number of thioether (sulfide) groups is 1. The first kappa shape index (κ1) is 18.4. The highest BCUT2D eigenvalue weighted by molar-refractivity contribution is 8.26. The quantitative estimate of drug-likeness (QED) is 0.548. The average Bonchev–Trinajstić information content (AvgIpc) is 3.40. The molecule has 4 heterocycles. The van der Waals surface area contributed by atoms with E-state index in [2.05, 4.69) is 11.1 Å². The number of ether oxygens (including phenoxy) is 2. The van der Waals surface area contributed by atoms with Crippen molar-refractivity contribution in [3.63, 3.8) is 0 Å². The molecule has 10 heteroatoms. The number of carbonyl (C=O) groups excluding carboxylic acids is 1. The zero-order valence-electron chi connectivity index (χ0n) is 14.5. The second-order valence-electron chi connectivity index (χ2n) is 6.34. The van der Waals surface area contributed by atoms with E-state index in [-0.39, 0.29) is 23.6 Å². The van der Waals surface area contributed by atoms with Gasteiger partial charge in [-0.2, -0.15) is 10.2 Å². The van der Waals surface area contributed by atoms with Crippen LogP contribution in [0.3, 0.4) is 0 Å². The van der Waals surface area contributed by atoms with Gasteiger partial charge in [-0.1, -0.05) is 24.0 Å². The SMILES string of the molecule is N#Cc1nc(/C=C2/SC(=S)N(C[C@@H]3CCCO3)C2=O)oc1N1CCOCC1. The number of thiocarbonyl (C=S) groups is 1. The van der Waals surface area contributed by atoms with Gasteiger partial charge in [-0.15, -0.1) is 0 Å². The van der Waals surface area contributed by atoms with Crippen molar-refractivity contribution >= 4 is 46.2 Å². The summed E-state index contributed by atoms with van der Waals surface area (Å²) >= 11 is 6.56. The topological polar surface area (TPSA) is 91.8 Å². The predicted octanol–water partition coefficient (Wildman–Crippen LogP) is 1.76. The first-order chi connectivity index (χ1) is 13.2. The lowest BCUT2D eigenvalue weighted by molar-refractivity contribution is -0.123. The van der Waals surface area contributed by atoms with Crippen LogP contribution in [0, 0.1) is 11.3 Å².